The van der Waals surface area contributed by atoms with Crippen LogP contribution in [0.15, 0.2) is 0 Å². The molecule has 2 heterocycles. The number of carboxylic acid groups (broad SMARTS) is 4. The highest BCUT2D eigenvalue weighted by Gasteiger charge is 2.53. The summed E-state index contributed by atoms with van der Waals surface area (Å²) in [5, 5.41) is 154. The van der Waals surface area contributed by atoms with Crippen LogP contribution in [0.3, 0.4) is 0 Å². The second-order valence-corrected chi connectivity index (χ2v) is 13.5. The van der Waals surface area contributed by atoms with Crippen LogP contribution in [0.1, 0.15) is 0 Å². The van der Waals surface area contributed by atoms with Gasteiger partial charge in [-0.1, -0.05) is 0 Å². The summed E-state index contributed by atoms with van der Waals surface area (Å²) < 4.78 is 39.3. The minimum atomic E-state index is -3.11. The van der Waals surface area contributed by atoms with Crippen molar-refractivity contribution in [1.29, 1.82) is 0 Å². The van der Waals surface area contributed by atoms with Crippen molar-refractivity contribution in [3.63, 3.8) is 0 Å². The van der Waals surface area contributed by atoms with Crippen molar-refractivity contribution in [3.05, 3.63) is 0 Å². The Labute approximate surface area is 363 Å². The van der Waals surface area contributed by atoms with Crippen LogP contribution in [-0.2, 0) is 85.8 Å². The number of aliphatic hydroxyl groups is 12. The largest absolute Gasteiger partial charge is 0.479 e. The summed E-state index contributed by atoms with van der Waals surface area (Å²) in [5.41, 5.74) is 0. The molecule has 66 heavy (non-hydrogen) atoms. The van der Waals surface area contributed by atoms with Gasteiger partial charge in [-0.25, -0.2) is 47.9 Å². The van der Waals surface area contributed by atoms with Gasteiger partial charge in [0.1, 0.15) is 12.2 Å². The average Bonchev–Trinajstić information content (AvgIpc) is 3.85. The predicted octanol–water partition coefficient (Wildman–Crippen LogP) is -12.8. The van der Waals surface area contributed by atoms with E-state index in [0.29, 0.717) is 0 Å². The van der Waals surface area contributed by atoms with Crippen molar-refractivity contribution >= 4 is 59.7 Å². The second kappa shape index (κ2) is 24.6. The van der Waals surface area contributed by atoms with Gasteiger partial charge in [0.05, 0.1) is 26.4 Å². The van der Waals surface area contributed by atoms with Crippen molar-refractivity contribution in [2.45, 2.75) is 110 Å². The topological polar surface area (TPSA) is 568 Å². The Morgan fingerprint density at radius 1 is 0.379 bits per heavy atom. The SMILES string of the molecule is O=C(O)C(O)C(O)C(=O)O[C@H]1[C@@H]([C@@H](CO)OC(=O)C(O)C(O)C(=O)O[C@H]2CO[C@H]([C@@H](CO)OC(=O)C(O)C(O)C(=O)O)[C@@H]2OC(=O)C(O)C(O)C(=O)O)OC[C@@H]1OC(=O)C(O)C(O)C(=O)O. The lowest BCUT2D eigenvalue weighted by Gasteiger charge is -2.30. The van der Waals surface area contributed by atoms with Crippen LogP contribution in [0.2, 0.25) is 0 Å². The molecular weight excluding hydrogens is 928 g/mol. The highest BCUT2D eigenvalue weighted by atomic mass is 16.7. The van der Waals surface area contributed by atoms with E-state index in [0.717, 1.165) is 0 Å². The fraction of sp³-hybridized carbons (Fsp3) is 0.688. The summed E-state index contributed by atoms with van der Waals surface area (Å²) in [4.78, 5) is 120. The van der Waals surface area contributed by atoms with Gasteiger partial charge in [-0.05, 0) is 0 Å². The monoisotopic (exact) mass is 970 g/mol. The molecule has 18 atom stereocenters. The Bertz CT molecular complexity index is 1780. The van der Waals surface area contributed by atoms with Crippen LogP contribution in [-0.4, -0.2) is 278 Å². The van der Waals surface area contributed by atoms with Crippen molar-refractivity contribution in [3.8, 4) is 0 Å². The van der Waals surface area contributed by atoms with Gasteiger partial charge >= 0.3 is 59.7 Å². The number of aliphatic hydroxyl groups excluding tert-OH is 12. The van der Waals surface area contributed by atoms with Gasteiger partial charge in [0, 0.05) is 0 Å². The molecule has 2 fully saturated rings. The normalized spacial score (nSPS) is 25.9. The van der Waals surface area contributed by atoms with E-state index >= 15 is 0 Å². The lowest BCUT2D eigenvalue weighted by atomic mass is 10.0. The van der Waals surface area contributed by atoms with Gasteiger partial charge in [0.25, 0.3) is 0 Å². The maximum atomic E-state index is 13.0. The molecular formula is C32H42O34. The molecule has 0 spiro atoms. The summed E-state index contributed by atoms with van der Waals surface area (Å²) in [6.07, 6.45) is -46.8. The minimum Gasteiger partial charge on any atom is -0.479 e. The van der Waals surface area contributed by atoms with E-state index in [2.05, 4.69) is 0 Å². The van der Waals surface area contributed by atoms with E-state index in [-0.39, 0.29) is 0 Å². The number of aliphatic carboxylic acids is 4. The van der Waals surface area contributed by atoms with Crippen molar-refractivity contribution < 1.29 is 168 Å². The number of hydrogen-bond donors (Lipinski definition) is 16. The Hall–Kier alpha value is -5.86. The molecule has 16 N–H and O–H groups in total. The second-order valence-electron chi connectivity index (χ2n) is 13.5. The first-order valence-corrected chi connectivity index (χ1v) is 18.0. The van der Waals surface area contributed by atoms with Gasteiger partial charge < -0.3 is 120 Å². The van der Waals surface area contributed by atoms with Crippen LogP contribution >= 0.6 is 0 Å². The number of hydrogen-bond acceptors (Lipinski definition) is 30. The number of carbonyl (C=O) groups is 10. The number of carboxylic acids is 4. The van der Waals surface area contributed by atoms with Crippen LogP contribution in [0.4, 0.5) is 0 Å². The first-order valence-electron chi connectivity index (χ1n) is 18.0. The molecule has 2 aliphatic heterocycles. The molecule has 374 valence electrons. The quantitative estimate of drug-likeness (QED) is 0.0298. The number of carbonyl (C=O) groups excluding carboxylic acids is 6. The Kier molecular flexibility index (Phi) is 21.0. The fourth-order valence-corrected chi connectivity index (χ4v) is 5.35. The first kappa shape index (κ1) is 56.3. The summed E-state index contributed by atoms with van der Waals surface area (Å²) in [6, 6.07) is 0. The molecule has 0 radical (unpaired) electrons. The zero-order valence-electron chi connectivity index (χ0n) is 32.7. The summed E-state index contributed by atoms with van der Waals surface area (Å²) in [7, 11) is 0. The van der Waals surface area contributed by atoms with Crippen LogP contribution < -0.4 is 0 Å². The first-order chi connectivity index (χ1) is 30.6. The molecule has 0 amide bonds. The van der Waals surface area contributed by atoms with E-state index in [4.69, 9.17) is 58.3 Å². The van der Waals surface area contributed by atoms with Gasteiger partial charge in [-0.2, -0.15) is 0 Å². The lowest BCUT2D eigenvalue weighted by Crippen LogP contribution is -2.52. The third-order valence-corrected chi connectivity index (χ3v) is 8.91. The third kappa shape index (κ3) is 14.1. The average molecular weight is 971 g/mol. The molecule has 0 aliphatic carbocycles. The Balaban J connectivity index is 2.36. The maximum absolute atomic E-state index is 13.0. The number of ether oxygens (including phenoxy) is 8. The molecule has 2 rings (SSSR count). The summed E-state index contributed by atoms with van der Waals surface area (Å²) in [5.74, 6) is -20.9. The number of rotatable bonds is 25. The Morgan fingerprint density at radius 2 is 0.606 bits per heavy atom. The number of esters is 6. The molecule has 2 saturated heterocycles. The highest BCUT2D eigenvalue weighted by molar-refractivity contribution is 5.87. The van der Waals surface area contributed by atoms with Crippen LogP contribution in [0.5, 0.6) is 0 Å². The van der Waals surface area contributed by atoms with E-state index < -0.39 is 196 Å². The lowest BCUT2D eigenvalue weighted by molar-refractivity contribution is -0.196. The van der Waals surface area contributed by atoms with E-state index in [1.165, 1.54) is 0 Å². The predicted molar refractivity (Wildman–Crippen MR) is 184 cm³/mol. The minimum absolute atomic E-state index is 1.02. The molecule has 34 nitrogen and oxygen atoms in total. The highest BCUT2D eigenvalue weighted by Crippen LogP contribution is 2.29. The molecule has 0 aromatic carbocycles. The summed E-state index contributed by atoms with van der Waals surface area (Å²) in [6.45, 7) is -4.93. The maximum Gasteiger partial charge on any atom is 0.338 e. The zero-order chi connectivity index (χ0) is 50.7. The molecule has 2 aliphatic rings. The van der Waals surface area contributed by atoms with E-state index in [1.54, 1.807) is 0 Å². The molecule has 0 aromatic rings. The zero-order valence-corrected chi connectivity index (χ0v) is 32.7. The molecule has 0 aromatic heterocycles. The molecule has 0 saturated carbocycles. The van der Waals surface area contributed by atoms with Crippen LogP contribution in [0.25, 0.3) is 0 Å². The van der Waals surface area contributed by atoms with Gasteiger partial charge in [0.2, 0.25) is 0 Å². The van der Waals surface area contributed by atoms with Gasteiger partial charge in [0.15, 0.2) is 97.7 Å². The smallest absolute Gasteiger partial charge is 0.338 e. The molecule has 10 unspecified atom stereocenters. The molecule has 34 heteroatoms. The van der Waals surface area contributed by atoms with E-state index in [1.807, 2.05) is 0 Å². The van der Waals surface area contributed by atoms with Crippen LogP contribution in [0, 0.1) is 0 Å². The van der Waals surface area contributed by atoms with Gasteiger partial charge in [-0.3, -0.25) is 0 Å². The van der Waals surface area contributed by atoms with Crippen molar-refractivity contribution in [2.24, 2.45) is 0 Å². The van der Waals surface area contributed by atoms with Crippen molar-refractivity contribution in [1.82, 2.24) is 0 Å². The van der Waals surface area contributed by atoms with Crippen molar-refractivity contribution in [2.75, 3.05) is 26.4 Å². The summed E-state index contributed by atoms with van der Waals surface area (Å²) >= 11 is 0. The molecule has 0 bridgehead atoms. The fourth-order valence-electron chi connectivity index (χ4n) is 5.35. The third-order valence-electron chi connectivity index (χ3n) is 8.91. The Morgan fingerprint density at radius 3 is 0.864 bits per heavy atom. The van der Waals surface area contributed by atoms with Gasteiger partial charge in [-0.15, -0.1) is 0 Å². The standard InChI is InChI=1S/C32H42O34/c33-1-5(61-27(53)13(39)9(35)23(45)46)19-22(66-32(58)16(42)12(38)26(51)52)8(4-60-19)64-30(56)18(44)17(43)29(55)62-6(2-34)20-21(65-31(57)15(41)11(37)25(49)50)7(3-59-20)63-28(54)14(40)10(36)24(47)48/h5-22,33-44H,1-4H2,(H,45,46)(H,47,48)(H,49,50)(H,51,52)/t5-,6-,7+,8+,9?,10?,11?,12?,13?,14?,15?,16?,17?,18?,19-,20-,21-,22-/m1/s1. The van der Waals surface area contributed by atoms with E-state index in [9.17, 15) is 109 Å².